The van der Waals surface area contributed by atoms with E-state index in [9.17, 15) is 4.79 Å². The van der Waals surface area contributed by atoms with Gasteiger partial charge in [0.2, 0.25) is 0 Å². The topological polar surface area (TPSA) is 80.9 Å². The average molecular weight is 244 g/mol. The van der Waals surface area contributed by atoms with E-state index in [-0.39, 0.29) is 5.92 Å². The first-order valence-corrected chi connectivity index (χ1v) is 5.82. The molecule has 6 heteroatoms. The fraction of sp³-hybridized carbons (Fsp3) is 0.333. The second-order valence-electron chi connectivity index (χ2n) is 4.32. The Labute approximate surface area is 103 Å². The Morgan fingerprint density at radius 2 is 2.33 bits per heavy atom. The maximum Gasteiger partial charge on any atom is 0.308 e. The zero-order chi connectivity index (χ0) is 12.5. The molecule has 0 aromatic carbocycles. The number of rotatable bonds is 2. The molecule has 1 aliphatic heterocycles. The maximum absolute atomic E-state index is 11.0. The van der Waals surface area contributed by atoms with Gasteiger partial charge in [0, 0.05) is 12.6 Å². The van der Waals surface area contributed by atoms with Gasteiger partial charge in [-0.3, -0.25) is 9.78 Å². The molecule has 6 nitrogen and oxygen atoms in total. The first kappa shape index (κ1) is 10.9. The van der Waals surface area contributed by atoms with E-state index < -0.39 is 5.97 Å². The lowest BCUT2D eigenvalue weighted by Gasteiger charge is -2.18. The lowest BCUT2D eigenvalue weighted by atomic mass is 10.0. The summed E-state index contributed by atoms with van der Waals surface area (Å²) in [5.41, 5.74) is 0.714. The molecule has 0 radical (unpaired) electrons. The van der Waals surface area contributed by atoms with Crippen LogP contribution < -0.4 is 0 Å². The molecule has 0 amide bonds. The quantitative estimate of drug-likeness (QED) is 0.851. The minimum atomic E-state index is -0.768. The second kappa shape index (κ2) is 4.21. The molecule has 2 aromatic rings. The van der Waals surface area contributed by atoms with Crippen LogP contribution in [-0.4, -0.2) is 30.8 Å². The van der Waals surface area contributed by atoms with E-state index in [1.165, 1.54) is 0 Å². The first-order valence-electron chi connectivity index (χ1n) is 5.82. The highest BCUT2D eigenvalue weighted by Crippen LogP contribution is 2.21. The molecule has 18 heavy (non-hydrogen) atoms. The number of carboxylic acid groups (broad SMARTS) is 1. The van der Waals surface area contributed by atoms with E-state index in [1.807, 2.05) is 18.2 Å². The van der Waals surface area contributed by atoms with Gasteiger partial charge in [-0.1, -0.05) is 6.07 Å². The number of fused-ring (bicyclic) bond motifs is 1. The highest BCUT2D eigenvalue weighted by atomic mass is 16.4. The molecule has 3 heterocycles. The Morgan fingerprint density at radius 3 is 3.06 bits per heavy atom. The van der Waals surface area contributed by atoms with Crippen molar-refractivity contribution in [3.05, 3.63) is 30.2 Å². The Balaban J connectivity index is 1.92. The molecule has 1 unspecified atom stereocenters. The van der Waals surface area contributed by atoms with Crippen LogP contribution in [-0.2, 0) is 17.8 Å². The van der Waals surface area contributed by atoms with Gasteiger partial charge in [0.25, 0.3) is 0 Å². The minimum Gasteiger partial charge on any atom is -0.481 e. The van der Waals surface area contributed by atoms with Gasteiger partial charge in [-0.05, 0) is 18.6 Å². The van der Waals surface area contributed by atoms with Gasteiger partial charge in [-0.15, -0.1) is 5.10 Å². The summed E-state index contributed by atoms with van der Waals surface area (Å²) in [7, 11) is 0. The fourth-order valence-corrected chi connectivity index (χ4v) is 2.11. The van der Waals surface area contributed by atoms with Crippen LogP contribution in [0.2, 0.25) is 0 Å². The Hall–Kier alpha value is -2.24. The summed E-state index contributed by atoms with van der Waals surface area (Å²) in [6.07, 6.45) is 2.96. The summed E-state index contributed by atoms with van der Waals surface area (Å²) >= 11 is 0. The van der Waals surface area contributed by atoms with Gasteiger partial charge in [0.15, 0.2) is 5.82 Å². The van der Waals surface area contributed by atoms with E-state index in [0.717, 1.165) is 5.82 Å². The van der Waals surface area contributed by atoms with E-state index in [4.69, 9.17) is 5.11 Å². The standard InChI is InChI=1S/C12H12N4O2/c17-12(18)8-4-5-10-14-11(15-16(10)7-8)9-3-1-2-6-13-9/h1-3,6,8H,4-5,7H2,(H,17,18). The zero-order valence-corrected chi connectivity index (χ0v) is 9.65. The number of nitrogens with zero attached hydrogens (tertiary/aromatic N) is 4. The van der Waals surface area contributed by atoms with Gasteiger partial charge in [-0.25, -0.2) is 9.67 Å². The first-order chi connectivity index (χ1) is 8.74. The molecule has 0 fully saturated rings. The van der Waals surface area contributed by atoms with E-state index in [0.29, 0.717) is 30.9 Å². The van der Waals surface area contributed by atoms with Crippen LogP contribution in [0.25, 0.3) is 11.5 Å². The van der Waals surface area contributed by atoms with Crippen LogP contribution in [0.3, 0.4) is 0 Å². The normalized spacial score (nSPS) is 18.3. The number of carboxylic acids is 1. The van der Waals surface area contributed by atoms with E-state index >= 15 is 0 Å². The summed E-state index contributed by atoms with van der Waals surface area (Å²) in [5.74, 6) is 0.274. The summed E-state index contributed by atoms with van der Waals surface area (Å²) in [6.45, 7) is 0.393. The lowest BCUT2D eigenvalue weighted by Crippen LogP contribution is -2.27. The van der Waals surface area contributed by atoms with Crippen molar-refractivity contribution in [3.8, 4) is 11.5 Å². The molecule has 92 valence electrons. The summed E-state index contributed by atoms with van der Waals surface area (Å²) in [6, 6.07) is 5.55. The van der Waals surface area contributed by atoms with Gasteiger partial charge in [0.1, 0.15) is 11.5 Å². The molecule has 0 saturated heterocycles. The fourth-order valence-electron chi connectivity index (χ4n) is 2.11. The van der Waals surface area contributed by atoms with Crippen LogP contribution in [0.1, 0.15) is 12.2 Å². The van der Waals surface area contributed by atoms with Gasteiger partial charge >= 0.3 is 5.97 Å². The molecule has 0 spiro atoms. The Bertz CT molecular complexity index is 579. The number of pyridine rings is 1. The zero-order valence-electron chi connectivity index (χ0n) is 9.65. The lowest BCUT2D eigenvalue weighted by molar-refractivity contribution is -0.142. The Kier molecular flexibility index (Phi) is 2.55. The maximum atomic E-state index is 11.0. The van der Waals surface area contributed by atoms with Crippen molar-refractivity contribution in [2.75, 3.05) is 0 Å². The number of aromatic nitrogens is 4. The largest absolute Gasteiger partial charge is 0.481 e. The van der Waals surface area contributed by atoms with E-state index in [1.54, 1.807) is 10.9 Å². The number of carbonyl (C=O) groups is 1. The van der Waals surface area contributed by atoms with Crippen LogP contribution in [0.5, 0.6) is 0 Å². The van der Waals surface area contributed by atoms with Crippen molar-refractivity contribution in [2.45, 2.75) is 19.4 Å². The van der Waals surface area contributed by atoms with Gasteiger partial charge in [-0.2, -0.15) is 0 Å². The van der Waals surface area contributed by atoms with Crippen molar-refractivity contribution < 1.29 is 9.90 Å². The number of hydrogen-bond donors (Lipinski definition) is 1. The summed E-state index contributed by atoms with van der Waals surface area (Å²) in [4.78, 5) is 19.6. The number of hydrogen-bond acceptors (Lipinski definition) is 4. The van der Waals surface area contributed by atoms with Crippen molar-refractivity contribution in [1.29, 1.82) is 0 Å². The molecule has 1 aliphatic rings. The van der Waals surface area contributed by atoms with Crippen molar-refractivity contribution >= 4 is 5.97 Å². The third-order valence-corrected chi connectivity index (χ3v) is 3.10. The highest BCUT2D eigenvalue weighted by molar-refractivity contribution is 5.70. The summed E-state index contributed by atoms with van der Waals surface area (Å²) in [5, 5.41) is 13.3. The van der Waals surface area contributed by atoms with Crippen molar-refractivity contribution in [1.82, 2.24) is 19.7 Å². The molecular weight excluding hydrogens is 232 g/mol. The third-order valence-electron chi connectivity index (χ3n) is 3.10. The van der Waals surface area contributed by atoms with E-state index in [2.05, 4.69) is 15.1 Å². The van der Waals surface area contributed by atoms with Gasteiger partial charge in [0.05, 0.1) is 12.5 Å². The minimum absolute atomic E-state index is 0.365. The second-order valence-corrected chi connectivity index (χ2v) is 4.32. The molecule has 3 rings (SSSR count). The predicted molar refractivity (Wildman–Crippen MR) is 62.7 cm³/mol. The Morgan fingerprint density at radius 1 is 1.44 bits per heavy atom. The molecule has 2 aromatic heterocycles. The summed E-state index contributed by atoms with van der Waals surface area (Å²) < 4.78 is 1.69. The van der Waals surface area contributed by atoms with Crippen LogP contribution in [0.4, 0.5) is 0 Å². The van der Waals surface area contributed by atoms with Crippen molar-refractivity contribution in [3.63, 3.8) is 0 Å². The predicted octanol–water partition coefficient (Wildman–Crippen LogP) is 0.987. The van der Waals surface area contributed by atoms with Crippen LogP contribution in [0.15, 0.2) is 24.4 Å². The SMILES string of the molecule is O=C(O)C1CCc2nc(-c3ccccn3)nn2C1. The average Bonchev–Trinajstić information content (AvgIpc) is 2.82. The molecule has 1 atom stereocenters. The smallest absolute Gasteiger partial charge is 0.308 e. The molecule has 0 bridgehead atoms. The molecular formula is C12H12N4O2. The van der Waals surface area contributed by atoms with Crippen molar-refractivity contribution in [2.24, 2.45) is 5.92 Å². The molecule has 0 aliphatic carbocycles. The molecule has 0 saturated carbocycles. The third kappa shape index (κ3) is 1.85. The van der Waals surface area contributed by atoms with Crippen LogP contribution >= 0.6 is 0 Å². The number of aliphatic carboxylic acids is 1. The highest BCUT2D eigenvalue weighted by Gasteiger charge is 2.26. The monoisotopic (exact) mass is 244 g/mol. The van der Waals surface area contributed by atoms with Gasteiger partial charge < -0.3 is 5.11 Å². The molecule has 1 N–H and O–H groups in total. The number of aryl methyl sites for hydroxylation is 1. The van der Waals surface area contributed by atoms with Crippen LogP contribution in [0, 0.1) is 5.92 Å².